The van der Waals surface area contributed by atoms with Gasteiger partial charge in [0.2, 0.25) is 0 Å². The molecule has 0 saturated carbocycles. The number of rotatable bonds is 2. The van der Waals surface area contributed by atoms with Gasteiger partial charge in [-0.2, -0.15) is 5.01 Å². The molecule has 6 heteroatoms. The predicted molar refractivity (Wildman–Crippen MR) is 63.7 cm³/mol. The maximum Gasteiger partial charge on any atom is 0.429 e. The minimum Gasteiger partial charge on any atom is -0.452 e. The third-order valence-corrected chi connectivity index (χ3v) is 2.65. The van der Waals surface area contributed by atoms with Crippen molar-refractivity contribution < 1.29 is 18.7 Å². The number of amides is 1. The van der Waals surface area contributed by atoms with E-state index in [1.807, 2.05) is 6.07 Å². The van der Waals surface area contributed by atoms with Crippen molar-refractivity contribution in [2.24, 2.45) is 0 Å². The van der Waals surface area contributed by atoms with Crippen LogP contribution in [0, 0.1) is 0 Å². The van der Waals surface area contributed by atoms with Crippen molar-refractivity contribution in [1.29, 1.82) is 0 Å². The average Bonchev–Trinajstić information content (AvgIpc) is 2.42. The average molecular weight is 254 g/mol. The van der Waals surface area contributed by atoms with Gasteiger partial charge in [0.1, 0.15) is 0 Å². The molecule has 1 aliphatic rings. The summed E-state index contributed by atoms with van der Waals surface area (Å²) in [4.78, 5) is 11.8. The number of hydrogen-bond donors (Lipinski definition) is 0. The van der Waals surface area contributed by atoms with Gasteiger partial charge in [0, 0.05) is 6.54 Å². The number of para-hydroxylation sites is 1. The van der Waals surface area contributed by atoms with Crippen LogP contribution in [-0.4, -0.2) is 44.3 Å². The molecule has 0 N–H and O–H groups in total. The first kappa shape index (κ1) is 12.8. The van der Waals surface area contributed by atoms with E-state index in [4.69, 9.17) is 9.47 Å². The lowest BCUT2D eigenvalue weighted by Gasteiger charge is -2.38. The molecule has 1 heterocycles. The molecule has 1 unspecified atom stereocenters. The van der Waals surface area contributed by atoms with Crippen LogP contribution in [0.5, 0.6) is 0 Å². The van der Waals surface area contributed by atoms with Gasteiger partial charge in [-0.3, -0.25) is 0 Å². The highest BCUT2D eigenvalue weighted by atomic mass is 19.1. The Labute approximate surface area is 105 Å². The van der Waals surface area contributed by atoms with Gasteiger partial charge in [0.25, 0.3) is 0 Å². The van der Waals surface area contributed by atoms with E-state index in [0.717, 1.165) is 0 Å². The van der Waals surface area contributed by atoms with Crippen molar-refractivity contribution in [1.82, 2.24) is 5.01 Å². The zero-order chi connectivity index (χ0) is 13.0. The Kier molecular flexibility index (Phi) is 4.11. The summed E-state index contributed by atoms with van der Waals surface area (Å²) in [6.07, 6.45) is -1.98. The van der Waals surface area contributed by atoms with Crippen LogP contribution >= 0.6 is 0 Å². The van der Waals surface area contributed by atoms with Crippen LogP contribution < -0.4 is 5.01 Å². The minimum absolute atomic E-state index is 0.0552. The van der Waals surface area contributed by atoms with Gasteiger partial charge in [-0.25, -0.2) is 14.2 Å². The van der Waals surface area contributed by atoms with Gasteiger partial charge >= 0.3 is 6.09 Å². The van der Waals surface area contributed by atoms with E-state index in [-0.39, 0.29) is 6.61 Å². The van der Waals surface area contributed by atoms with Crippen molar-refractivity contribution in [2.45, 2.75) is 6.30 Å². The van der Waals surface area contributed by atoms with Crippen molar-refractivity contribution in [3.05, 3.63) is 30.3 Å². The fourth-order valence-corrected chi connectivity index (χ4v) is 1.80. The number of anilines is 1. The Morgan fingerprint density at radius 1 is 1.50 bits per heavy atom. The topological polar surface area (TPSA) is 42.0 Å². The summed E-state index contributed by atoms with van der Waals surface area (Å²) in [7, 11) is 1.27. The second kappa shape index (κ2) is 5.79. The monoisotopic (exact) mass is 254 g/mol. The molecular formula is C12H15FN2O3. The fourth-order valence-electron chi connectivity index (χ4n) is 1.80. The molecule has 1 fully saturated rings. The number of methoxy groups -OCH3 is 1. The third-order valence-electron chi connectivity index (χ3n) is 2.65. The van der Waals surface area contributed by atoms with Crippen LogP contribution in [0.2, 0.25) is 0 Å². The van der Waals surface area contributed by atoms with E-state index in [2.05, 4.69) is 0 Å². The number of halogens is 1. The van der Waals surface area contributed by atoms with Crippen LogP contribution in [-0.2, 0) is 9.47 Å². The van der Waals surface area contributed by atoms with Crippen LogP contribution in [0.3, 0.4) is 0 Å². The highest BCUT2D eigenvalue weighted by Crippen LogP contribution is 2.21. The Morgan fingerprint density at radius 3 is 2.83 bits per heavy atom. The van der Waals surface area contributed by atoms with E-state index in [1.165, 1.54) is 17.1 Å². The summed E-state index contributed by atoms with van der Waals surface area (Å²) in [5.41, 5.74) is 0.564. The third kappa shape index (κ3) is 2.60. The van der Waals surface area contributed by atoms with Gasteiger partial charge in [0.05, 0.1) is 26.0 Å². The lowest BCUT2D eigenvalue weighted by Crippen LogP contribution is -2.55. The highest BCUT2D eigenvalue weighted by Gasteiger charge is 2.32. The largest absolute Gasteiger partial charge is 0.452 e. The number of carbonyl (C=O) groups is 1. The number of ether oxygens (including phenoxy) is 2. The number of hydrogen-bond acceptors (Lipinski definition) is 4. The zero-order valence-electron chi connectivity index (χ0n) is 10.1. The highest BCUT2D eigenvalue weighted by molar-refractivity contribution is 5.86. The van der Waals surface area contributed by atoms with Crippen LogP contribution in [0.1, 0.15) is 0 Å². The second-order valence-electron chi connectivity index (χ2n) is 3.79. The molecule has 1 atom stereocenters. The van der Waals surface area contributed by atoms with E-state index in [9.17, 15) is 9.18 Å². The Hall–Kier alpha value is -1.66. The molecule has 0 aliphatic carbocycles. The van der Waals surface area contributed by atoms with E-state index >= 15 is 0 Å². The van der Waals surface area contributed by atoms with E-state index in [1.54, 1.807) is 24.3 Å². The number of hydrazine groups is 1. The Bertz CT molecular complexity index is 402. The van der Waals surface area contributed by atoms with Gasteiger partial charge in [-0.15, -0.1) is 0 Å². The van der Waals surface area contributed by atoms with Gasteiger partial charge in [-0.05, 0) is 12.1 Å². The molecule has 1 aliphatic heterocycles. The van der Waals surface area contributed by atoms with Crippen LogP contribution in [0.4, 0.5) is 14.9 Å². The summed E-state index contributed by atoms with van der Waals surface area (Å²) >= 11 is 0. The Morgan fingerprint density at radius 2 is 2.22 bits per heavy atom. The summed E-state index contributed by atoms with van der Waals surface area (Å²) < 4.78 is 23.6. The summed E-state index contributed by atoms with van der Waals surface area (Å²) in [6, 6.07) is 8.82. The zero-order valence-corrected chi connectivity index (χ0v) is 10.1. The lowest BCUT2D eigenvalue weighted by molar-refractivity contribution is -0.0663. The molecular weight excluding hydrogens is 239 g/mol. The van der Waals surface area contributed by atoms with E-state index < -0.39 is 12.4 Å². The second-order valence-corrected chi connectivity index (χ2v) is 3.79. The molecule has 1 saturated heterocycles. The number of nitrogens with zero attached hydrogens (tertiary/aromatic N) is 2. The maximum absolute atomic E-state index is 13.8. The SMILES string of the molecule is COC(=O)N(c1ccccc1)N1CCOCC1F. The normalized spacial score (nSPS) is 20.4. The first-order valence-electron chi connectivity index (χ1n) is 5.65. The first-order chi connectivity index (χ1) is 8.74. The van der Waals surface area contributed by atoms with Crippen molar-refractivity contribution >= 4 is 11.8 Å². The summed E-state index contributed by atoms with van der Waals surface area (Å²) in [5.74, 6) is 0. The molecule has 0 spiro atoms. The van der Waals surface area contributed by atoms with Gasteiger partial charge in [-0.1, -0.05) is 18.2 Å². The van der Waals surface area contributed by atoms with Gasteiger partial charge in [0.15, 0.2) is 6.30 Å². The molecule has 18 heavy (non-hydrogen) atoms. The molecule has 1 amide bonds. The van der Waals surface area contributed by atoms with Crippen molar-refractivity contribution in [3.63, 3.8) is 0 Å². The molecule has 2 rings (SSSR count). The molecule has 0 bridgehead atoms. The van der Waals surface area contributed by atoms with Crippen molar-refractivity contribution in [2.75, 3.05) is 31.9 Å². The molecule has 5 nitrogen and oxygen atoms in total. The Balaban J connectivity index is 2.27. The maximum atomic E-state index is 13.8. The van der Waals surface area contributed by atoms with Crippen LogP contribution in [0.25, 0.3) is 0 Å². The lowest BCUT2D eigenvalue weighted by atomic mass is 10.3. The first-order valence-corrected chi connectivity index (χ1v) is 5.65. The van der Waals surface area contributed by atoms with E-state index in [0.29, 0.717) is 18.8 Å². The molecule has 98 valence electrons. The minimum atomic E-state index is -1.36. The summed E-state index contributed by atoms with van der Waals surface area (Å²) in [6.45, 7) is 0.617. The van der Waals surface area contributed by atoms with Crippen LogP contribution in [0.15, 0.2) is 30.3 Å². The molecule has 0 aromatic heterocycles. The number of alkyl halides is 1. The number of morpholine rings is 1. The molecule has 1 aromatic carbocycles. The number of carbonyl (C=O) groups excluding carboxylic acids is 1. The molecule has 0 radical (unpaired) electrons. The van der Waals surface area contributed by atoms with Gasteiger partial charge < -0.3 is 9.47 Å². The molecule has 1 aromatic rings. The number of benzene rings is 1. The van der Waals surface area contributed by atoms with Crippen molar-refractivity contribution in [3.8, 4) is 0 Å². The quantitative estimate of drug-likeness (QED) is 0.755. The standard InChI is InChI=1S/C12H15FN2O3/c1-17-12(16)15(10-5-3-2-4-6-10)14-7-8-18-9-11(14)13/h2-6,11H,7-9H2,1H3. The smallest absolute Gasteiger partial charge is 0.429 e. The fraction of sp³-hybridized carbons (Fsp3) is 0.417. The predicted octanol–water partition coefficient (Wildman–Crippen LogP) is 1.80. The summed E-state index contributed by atoms with van der Waals surface area (Å²) in [5, 5.41) is 2.51.